The van der Waals surface area contributed by atoms with E-state index in [9.17, 15) is 9.18 Å². The largest absolute Gasteiger partial charge is 0.331 e. The zero-order chi connectivity index (χ0) is 10.8. The Morgan fingerprint density at radius 2 is 2.27 bits per heavy atom. The molecule has 2 aromatic rings. The number of carbonyl (C=O) groups is 1. The summed E-state index contributed by atoms with van der Waals surface area (Å²) in [6.07, 6.45) is 5.51. The molecule has 0 atom stereocenters. The molecule has 0 aliphatic rings. The van der Waals surface area contributed by atoms with Gasteiger partial charge in [0.15, 0.2) is 11.6 Å². The van der Waals surface area contributed by atoms with Gasteiger partial charge in [-0.05, 0) is 6.07 Å². The van der Waals surface area contributed by atoms with Gasteiger partial charge in [0.2, 0.25) is 5.78 Å². The summed E-state index contributed by atoms with van der Waals surface area (Å²) >= 11 is 0. The van der Waals surface area contributed by atoms with Gasteiger partial charge in [0.25, 0.3) is 0 Å². The topological polar surface area (TPSA) is 47.8 Å². The minimum absolute atomic E-state index is 0.0145. The molecule has 0 aromatic carbocycles. The molecule has 5 heteroatoms. The molecule has 0 fully saturated rings. The Hall–Kier alpha value is -2.04. The predicted molar refractivity (Wildman–Crippen MR) is 50.8 cm³/mol. The average Bonchev–Trinajstić information content (AvgIpc) is 2.64. The summed E-state index contributed by atoms with van der Waals surface area (Å²) in [5.74, 6) is -0.868. The first-order valence-corrected chi connectivity index (χ1v) is 4.31. The molecule has 4 nitrogen and oxygen atoms in total. The lowest BCUT2D eigenvalue weighted by molar-refractivity contribution is 0.102. The van der Waals surface area contributed by atoms with Crippen LogP contribution in [0.1, 0.15) is 16.2 Å². The second-order valence-corrected chi connectivity index (χ2v) is 3.05. The molecular weight excluding hydrogens is 197 g/mol. The van der Waals surface area contributed by atoms with Crippen LogP contribution in [0.5, 0.6) is 0 Å². The quantitative estimate of drug-likeness (QED) is 0.692. The number of pyridine rings is 1. The lowest BCUT2D eigenvalue weighted by Gasteiger charge is -2.01. The Morgan fingerprint density at radius 3 is 2.87 bits per heavy atom. The SMILES string of the molecule is Cn1ccnc1C(=O)c1ccncc1F. The van der Waals surface area contributed by atoms with E-state index in [1.807, 2.05) is 0 Å². The van der Waals surface area contributed by atoms with E-state index in [2.05, 4.69) is 9.97 Å². The molecule has 0 aliphatic carbocycles. The Labute approximate surface area is 85.4 Å². The van der Waals surface area contributed by atoms with Crippen molar-refractivity contribution in [2.75, 3.05) is 0 Å². The summed E-state index contributed by atoms with van der Waals surface area (Å²) in [5.41, 5.74) is -0.0145. The van der Waals surface area contributed by atoms with Crippen LogP contribution in [0.15, 0.2) is 30.9 Å². The highest BCUT2D eigenvalue weighted by Crippen LogP contribution is 2.10. The van der Waals surface area contributed by atoms with E-state index in [-0.39, 0.29) is 11.4 Å². The number of ketones is 1. The first kappa shape index (κ1) is 9.51. The smallest absolute Gasteiger partial charge is 0.231 e. The molecule has 0 spiro atoms. The monoisotopic (exact) mass is 205 g/mol. The lowest BCUT2D eigenvalue weighted by atomic mass is 10.1. The van der Waals surface area contributed by atoms with Crippen LogP contribution < -0.4 is 0 Å². The number of rotatable bonds is 2. The Kier molecular flexibility index (Phi) is 2.29. The summed E-state index contributed by atoms with van der Waals surface area (Å²) in [6.45, 7) is 0. The highest BCUT2D eigenvalue weighted by molar-refractivity contribution is 6.06. The van der Waals surface area contributed by atoms with Gasteiger partial charge in [-0.15, -0.1) is 0 Å². The third-order valence-electron chi connectivity index (χ3n) is 2.04. The highest BCUT2D eigenvalue weighted by Gasteiger charge is 2.17. The fraction of sp³-hybridized carbons (Fsp3) is 0.100. The van der Waals surface area contributed by atoms with Gasteiger partial charge in [0.05, 0.1) is 11.8 Å². The summed E-state index contributed by atoms with van der Waals surface area (Å²) in [5, 5.41) is 0. The van der Waals surface area contributed by atoms with Crippen LogP contribution in [0.4, 0.5) is 4.39 Å². The van der Waals surface area contributed by atoms with Crippen molar-refractivity contribution in [1.29, 1.82) is 0 Å². The molecule has 76 valence electrons. The molecule has 0 saturated carbocycles. The number of aryl methyl sites for hydroxylation is 1. The van der Waals surface area contributed by atoms with E-state index in [0.29, 0.717) is 0 Å². The molecule has 0 N–H and O–H groups in total. The summed E-state index contributed by atoms with van der Waals surface area (Å²) in [4.78, 5) is 19.2. The van der Waals surface area contributed by atoms with E-state index in [1.54, 1.807) is 17.8 Å². The van der Waals surface area contributed by atoms with Crippen molar-refractivity contribution >= 4 is 5.78 Å². The number of hydrogen-bond acceptors (Lipinski definition) is 3. The van der Waals surface area contributed by atoms with Crippen LogP contribution in [0.2, 0.25) is 0 Å². The number of nitrogens with zero attached hydrogens (tertiary/aromatic N) is 3. The molecule has 15 heavy (non-hydrogen) atoms. The maximum Gasteiger partial charge on any atom is 0.231 e. The highest BCUT2D eigenvalue weighted by atomic mass is 19.1. The zero-order valence-corrected chi connectivity index (χ0v) is 8.01. The molecule has 2 rings (SSSR count). The molecule has 0 amide bonds. The van der Waals surface area contributed by atoms with E-state index in [1.165, 1.54) is 18.5 Å². The molecule has 0 radical (unpaired) electrons. The van der Waals surface area contributed by atoms with Crippen LogP contribution in [-0.2, 0) is 7.05 Å². The lowest BCUT2D eigenvalue weighted by Crippen LogP contribution is -2.10. The number of carbonyl (C=O) groups excluding carboxylic acids is 1. The van der Waals surface area contributed by atoms with Gasteiger partial charge in [-0.3, -0.25) is 9.78 Å². The molecule has 2 aromatic heterocycles. The fourth-order valence-corrected chi connectivity index (χ4v) is 1.26. The number of halogens is 1. The minimum Gasteiger partial charge on any atom is -0.331 e. The fourth-order valence-electron chi connectivity index (χ4n) is 1.26. The average molecular weight is 205 g/mol. The second kappa shape index (κ2) is 3.61. The maximum absolute atomic E-state index is 13.2. The number of imidazole rings is 1. The van der Waals surface area contributed by atoms with Crippen molar-refractivity contribution < 1.29 is 9.18 Å². The zero-order valence-electron chi connectivity index (χ0n) is 8.01. The molecule has 0 unspecified atom stereocenters. The Balaban J connectivity index is 2.46. The third kappa shape index (κ3) is 1.63. The number of hydrogen-bond donors (Lipinski definition) is 0. The molecule has 0 aliphatic heterocycles. The van der Waals surface area contributed by atoms with Gasteiger partial charge in [0, 0.05) is 25.6 Å². The van der Waals surface area contributed by atoms with Crippen molar-refractivity contribution in [3.05, 3.63) is 48.1 Å². The Morgan fingerprint density at radius 1 is 1.47 bits per heavy atom. The van der Waals surface area contributed by atoms with Gasteiger partial charge in [0.1, 0.15) is 0 Å². The van der Waals surface area contributed by atoms with E-state index in [0.717, 1.165) is 6.20 Å². The summed E-state index contributed by atoms with van der Waals surface area (Å²) in [7, 11) is 1.68. The van der Waals surface area contributed by atoms with Gasteiger partial charge in [-0.1, -0.05) is 0 Å². The summed E-state index contributed by atoms with van der Waals surface area (Å²) < 4.78 is 14.8. The van der Waals surface area contributed by atoms with E-state index >= 15 is 0 Å². The van der Waals surface area contributed by atoms with Gasteiger partial charge in [-0.25, -0.2) is 9.37 Å². The normalized spacial score (nSPS) is 10.3. The predicted octanol–water partition coefficient (Wildman–Crippen LogP) is 1.19. The van der Waals surface area contributed by atoms with Crippen molar-refractivity contribution in [1.82, 2.24) is 14.5 Å². The first-order chi connectivity index (χ1) is 7.20. The third-order valence-corrected chi connectivity index (χ3v) is 2.04. The van der Waals surface area contributed by atoms with E-state index in [4.69, 9.17) is 0 Å². The van der Waals surface area contributed by atoms with Crippen molar-refractivity contribution in [2.45, 2.75) is 0 Å². The first-order valence-electron chi connectivity index (χ1n) is 4.31. The molecule has 0 saturated heterocycles. The van der Waals surface area contributed by atoms with Crippen molar-refractivity contribution in [3.63, 3.8) is 0 Å². The van der Waals surface area contributed by atoms with Crippen LogP contribution in [0.3, 0.4) is 0 Å². The van der Waals surface area contributed by atoms with Gasteiger partial charge >= 0.3 is 0 Å². The maximum atomic E-state index is 13.2. The minimum atomic E-state index is -0.634. The summed E-state index contributed by atoms with van der Waals surface area (Å²) in [6, 6.07) is 1.34. The Bertz CT molecular complexity index is 507. The molecular formula is C10H8FN3O. The van der Waals surface area contributed by atoms with Crippen molar-refractivity contribution in [3.8, 4) is 0 Å². The van der Waals surface area contributed by atoms with Crippen LogP contribution in [-0.4, -0.2) is 20.3 Å². The number of aromatic nitrogens is 3. The van der Waals surface area contributed by atoms with Crippen LogP contribution in [0, 0.1) is 5.82 Å². The van der Waals surface area contributed by atoms with Crippen LogP contribution in [0.25, 0.3) is 0 Å². The second-order valence-electron chi connectivity index (χ2n) is 3.05. The molecule has 2 heterocycles. The standard InChI is InChI=1S/C10H8FN3O/c1-14-5-4-13-10(14)9(15)7-2-3-12-6-8(7)11/h2-6H,1H3. The van der Waals surface area contributed by atoms with Crippen molar-refractivity contribution in [2.24, 2.45) is 7.05 Å². The van der Waals surface area contributed by atoms with Crippen LogP contribution >= 0.6 is 0 Å². The van der Waals surface area contributed by atoms with E-state index < -0.39 is 11.6 Å². The van der Waals surface area contributed by atoms with Gasteiger partial charge < -0.3 is 4.57 Å². The molecule has 0 bridgehead atoms. The van der Waals surface area contributed by atoms with Gasteiger partial charge in [-0.2, -0.15) is 0 Å².